The summed E-state index contributed by atoms with van der Waals surface area (Å²) in [7, 11) is 0. The first-order chi connectivity index (χ1) is 9.81. The number of hydrogen-bond acceptors (Lipinski definition) is 1. The van der Waals surface area contributed by atoms with E-state index in [1.807, 2.05) is 30.3 Å². The minimum Gasteiger partial charge on any atom is -0.339 e. The van der Waals surface area contributed by atoms with Gasteiger partial charge in [0.15, 0.2) is 0 Å². The predicted molar refractivity (Wildman–Crippen MR) is 82.9 cm³/mol. The van der Waals surface area contributed by atoms with Crippen LogP contribution in [0.15, 0.2) is 54.6 Å². The summed E-state index contributed by atoms with van der Waals surface area (Å²) in [6.07, 6.45) is 0. The standard InChI is InChI=1S/C17H10ClN2/c18-16-9-7-13-14-10-12(11-4-2-1-3-5-11)6-8-15(14)19-17(13)20-16/h1-4,6-10H,(H,19,20). The van der Waals surface area contributed by atoms with Crippen molar-refractivity contribution in [3.05, 3.63) is 65.8 Å². The highest BCUT2D eigenvalue weighted by Crippen LogP contribution is 2.29. The van der Waals surface area contributed by atoms with Crippen molar-refractivity contribution in [2.24, 2.45) is 0 Å². The summed E-state index contributed by atoms with van der Waals surface area (Å²) in [6.45, 7) is 0. The Morgan fingerprint density at radius 2 is 1.95 bits per heavy atom. The molecule has 0 aliphatic heterocycles. The monoisotopic (exact) mass is 277 g/mol. The van der Waals surface area contributed by atoms with Crippen molar-refractivity contribution < 1.29 is 0 Å². The maximum Gasteiger partial charge on any atom is 0.140 e. The molecule has 0 unspecified atom stereocenters. The van der Waals surface area contributed by atoms with Gasteiger partial charge in [0.1, 0.15) is 10.8 Å². The Bertz CT molecular complexity index is 910. The van der Waals surface area contributed by atoms with Crippen LogP contribution < -0.4 is 0 Å². The first kappa shape index (κ1) is 11.5. The van der Waals surface area contributed by atoms with Crippen molar-refractivity contribution in [3.8, 4) is 11.1 Å². The van der Waals surface area contributed by atoms with Crippen LogP contribution in [0.2, 0.25) is 5.15 Å². The summed E-state index contributed by atoms with van der Waals surface area (Å²) in [5, 5.41) is 2.74. The van der Waals surface area contributed by atoms with Crippen LogP contribution in [0.4, 0.5) is 0 Å². The van der Waals surface area contributed by atoms with Gasteiger partial charge in [0.25, 0.3) is 0 Å². The van der Waals surface area contributed by atoms with Crippen LogP contribution in [0.1, 0.15) is 0 Å². The number of aromatic amines is 1. The van der Waals surface area contributed by atoms with Gasteiger partial charge in [0.2, 0.25) is 0 Å². The van der Waals surface area contributed by atoms with Gasteiger partial charge in [0.05, 0.1) is 0 Å². The SMILES string of the molecule is Clc1ccc2c(n1)[nH]c1ccc(-c3[c]cccc3)cc12. The fourth-order valence-electron chi connectivity index (χ4n) is 2.49. The molecular formula is C17H10ClN2. The molecule has 0 amide bonds. The lowest BCUT2D eigenvalue weighted by Crippen LogP contribution is -1.77. The number of nitrogens with one attached hydrogen (secondary N) is 1. The molecule has 2 nitrogen and oxygen atoms in total. The lowest BCUT2D eigenvalue weighted by Gasteiger charge is -2.01. The molecule has 2 heterocycles. The number of H-pyrrole nitrogens is 1. The van der Waals surface area contributed by atoms with Crippen LogP contribution in [0.3, 0.4) is 0 Å². The zero-order valence-corrected chi connectivity index (χ0v) is 11.3. The Labute approximate surface area is 121 Å². The number of nitrogens with zero attached hydrogens (tertiary/aromatic N) is 1. The lowest BCUT2D eigenvalue weighted by atomic mass is 10.0. The Kier molecular flexibility index (Phi) is 2.51. The first-order valence-corrected chi connectivity index (χ1v) is 6.74. The fourth-order valence-corrected chi connectivity index (χ4v) is 2.64. The third-order valence-corrected chi connectivity index (χ3v) is 3.65. The van der Waals surface area contributed by atoms with Crippen molar-refractivity contribution in [1.29, 1.82) is 0 Å². The van der Waals surface area contributed by atoms with Crippen molar-refractivity contribution in [2.45, 2.75) is 0 Å². The highest BCUT2D eigenvalue weighted by molar-refractivity contribution is 6.30. The van der Waals surface area contributed by atoms with E-state index in [2.05, 4.69) is 40.3 Å². The molecule has 1 radical (unpaired) electrons. The third-order valence-electron chi connectivity index (χ3n) is 3.44. The molecule has 20 heavy (non-hydrogen) atoms. The molecule has 2 aromatic carbocycles. The van der Waals surface area contributed by atoms with Gasteiger partial charge in [-0.1, -0.05) is 41.9 Å². The van der Waals surface area contributed by atoms with Crippen molar-refractivity contribution in [2.75, 3.05) is 0 Å². The summed E-state index contributed by atoms with van der Waals surface area (Å²) in [5.41, 5.74) is 4.12. The molecule has 4 aromatic rings. The van der Waals surface area contributed by atoms with Crippen LogP contribution in [0.25, 0.3) is 33.1 Å². The van der Waals surface area contributed by atoms with E-state index in [4.69, 9.17) is 11.6 Å². The van der Waals surface area contributed by atoms with E-state index in [0.717, 1.165) is 33.1 Å². The summed E-state index contributed by atoms with van der Waals surface area (Å²) >= 11 is 5.94. The second-order valence-corrected chi connectivity index (χ2v) is 5.08. The number of pyridine rings is 1. The number of hydrogen-bond donors (Lipinski definition) is 1. The van der Waals surface area contributed by atoms with Crippen molar-refractivity contribution in [3.63, 3.8) is 0 Å². The van der Waals surface area contributed by atoms with Gasteiger partial charge in [-0.05, 0) is 41.5 Å². The largest absolute Gasteiger partial charge is 0.339 e. The third kappa shape index (κ3) is 1.77. The quantitative estimate of drug-likeness (QED) is 0.496. The van der Waals surface area contributed by atoms with Gasteiger partial charge >= 0.3 is 0 Å². The highest BCUT2D eigenvalue weighted by Gasteiger charge is 2.07. The van der Waals surface area contributed by atoms with Gasteiger partial charge in [-0.2, -0.15) is 0 Å². The summed E-state index contributed by atoms with van der Waals surface area (Å²) in [6, 6.07) is 21.4. The van der Waals surface area contributed by atoms with E-state index in [1.165, 1.54) is 0 Å². The van der Waals surface area contributed by atoms with Crippen molar-refractivity contribution >= 4 is 33.5 Å². The molecule has 4 rings (SSSR count). The minimum atomic E-state index is 0.501. The minimum absolute atomic E-state index is 0.501. The van der Waals surface area contributed by atoms with Gasteiger partial charge in [-0.15, -0.1) is 0 Å². The van der Waals surface area contributed by atoms with Crippen LogP contribution in [0, 0.1) is 6.07 Å². The zero-order valence-electron chi connectivity index (χ0n) is 10.5. The van der Waals surface area contributed by atoms with E-state index < -0.39 is 0 Å². The normalized spacial score (nSPS) is 11.2. The molecule has 0 atom stereocenters. The summed E-state index contributed by atoms with van der Waals surface area (Å²) < 4.78 is 0. The fraction of sp³-hybridized carbons (Fsp3) is 0. The van der Waals surface area contributed by atoms with E-state index in [9.17, 15) is 0 Å². The Hall–Kier alpha value is -2.32. The maximum atomic E-state index is 5.94. The van der Waals surface area contributed by atoms with E-state index in [1.54, 1.807) is 0 Å². The molecule has 95 valence electrons. The Morgan fingerprint density at radius 1 is 1.00 bits per heavy atom. The molecule has 0 fully saturated rings. The lowest BCUT2D eigenvalue weighted by molar-refractivity contribution is 1.35. The smallest absolute Gasteiger partial charge is 0.140 e. The molecule has 0 bridgehead atoms. The Balaban J connectivity index is 2.01. The van der Waals surface area contributed by atoms with E-state index in [0.29, 0.717) is 5.15 Å². The first-order valence-electron chi connectivity index (χ1n) is 6.36. The van der Waals surface area contributed by atoms with Crippen molar-refractivity contribution in [1.82, 2.24) is 9.97 Å². The molecule has 1 N–H and O–H groups in total. The molecule has 0 aliphatic carbocycles. The molecule has 3 heteroatoms. The number of fused-ring (bicyclic) bond motifs is 3. The summed E-state index contributed by atoms with van der Waals surface area (Å²) in [5.74, 6) is 0. The molecule has 2 aromatic heterocycles. The van der Waals surface area contributed by atoms with E-state index in [-0.39, 0.29) is 0 Å². The van der Waals surface area contributed by atoms with Crippen LogP contribution in [-0.4, -0.2) is 9.97 Å². The molecule has 0 aliphatic rings. The number of rotatable bonds is 1. The average Bonchev–Trinajstić information content (AvgIpc) is 2.84. The predicted octanol–water partition coefficient (Wildman–Crippen LogP) is 4.84. The molecule has 0 spiro atoms. The highest BCUT2D eigenvalue weighted by atomic mass is 35.5. The average molecular weight is 278 g/mol. The van der Waals surface area contributed by atoms with Gasteiger partial charge in [0, 0.05) is 16.3 Å². The second kappa shape index (κ2) is 4.36. The van der Waals surface area contributed by atoms with Gasteiger partial charge in [-0.3, -0.25) is 0 Å². The molecular weight excluding hydrogens is 268 g/mol. The number of aromatic nitrogens is 2. The molecule has 0 saturated carbocycles. The van der Waals surface area contributed by atoms with E-state index >= 15 is 0 Å². The zero-order chi connectivity index (χ0) is 13.5. The Morgan fingerprint density at radius 3 is 2.80 bits per heavy atom. The second-order valence-electron chi connectivity index (χ2n) is 4.69. The van der Waals surface area contributed by atoms with Crippen LogP contribution >= 0.6 is 11.6 Å². The van der Waals surface area contributed by atoms with Crippen LogP contribution in [0.5, 0.6) is 0 Å². The number of halogens is 1. The molecule has 0 saturated heterocycles. The topological polar surface area (TPSA) is 28.7 Å². The maximum absolute atomic E-state index is 5.94. The van der Waals surface area contributed by atoms with Gasteiger partial charge < -0.3 is 4.98 Å². The summed E-state index contributed by atoms with van der Waals surface area (Å²) in [4.78, 5) is 7.61. The van der Waals surface area contributed by atoms with Crippen LogP contribution in [-0.2, 0) is 0 Å². The number of benzene rings is 2. The van der Waals surface area contributed by atoms with Gasteiger partial charge in [-0.25, -0.2) is 4.98 Å².